The van der Waals surface area contributed by atoms with E-state index in [1.54, 1.807) is 0 Å². The summed E-state index contributed by atoms with van der Waals surface area (Å²) in [6.07, 6.45) is 5.54. The number of thiol groups is 1. The fraction of sp³-hybridized carbons (Fsp3) is 1.00. The predicted molar refractivity (Wildman–Crippen MR) is 68.7 cm³/mol. The van der Waals surface area contributed by atoms with E-state index in [1.165, 1.54) is 45.3 Å². The van der Waals surface area contributed by atoms with Crippen LogP contribution in [0.4, 0.5) is 0 Å². The van der Waals surface area contributed by atoms with Gasteiger partial charge in [-0.15, -0.1) is 0 Å². The van der Waals surface area contributed by atoms with Crippen molar-refractivity contribution in [1.82, 2.24) is 9.80 Å². The van der Waals surface area contributed by atoms with Crippen LogP contribution in [0.3, 0.4) is 0 Å². The van der Waals surface area contributed by atoms with Crippen LogP contribution in [0.5, 0.6) is 0 Å². The molecule has 2 nitrogen and oxygen atoms in total. The maximum Gasteiger partial charge on any atom is 0.0217 e. The van der Waals surface area contributed by atoms with Gasteiger partial charge in [0.1, 0.15) is 0 Å². The third-order valence-corrected chi connectivity index (χ3v) is 4.73. The van der Waals surface area contributed by atoms with Crippen LogP contribution >= 0.6 is 12.6 Å². The smallest absolute Gasteiger partial charge is 0.0217 e. The summed E-state index contributed by atoms with van der Waals surface area (Å²) in [4.78, 5) is 5.05. The second-order valence-electron chi connectivity index (χ2n) is 5.65. The van der Waals surface area contributed by atoms with E-state index in [0.29, 0.717) is 5.41 Å². The summed E-state index contributed by atoms with van der Waals surface area (Å²) in [5.41, 5.74) is 0.595. The lowest BCUT2D eigenvalue weighted by Crippen LogP contribution is -2.47. The van der Waals surface area contributed by atoms with Gasteiger partial charge in [-0.2, -0.15) is 12.6 Å². The van der Waals surface area contributed by atoms with Gasteiger partial charge >= 0.3 is 0 Å². The fourth-order valence-corrected chi connectivity index (χ4v) is 3.03. The van der Waals surface area contributed by atoms with E-state index < -0.39 is 0 Å². The van der Waals surface area contributed by atoms with Gasteiger partial charge in [-0.1, -0.05) is 0 Å². The molecule has 1 saturated carbocycles. The highest BCUT2D eigenvalue weighted by atomic mass is 32.1. The van der Waals surface area contributed by atoms with E-state index in [9.17, 15) is 0 Å². The summed E-state index contributed by atoms with van der Waals surface area (Å²) in [6, 6.07) is 0.773. The average molecular weight is 228 g/mol. The quantitative estimate of drug-likeness (QED) is 0.732. The molecule has 0 aromatic carbocycles. The van der Waals surface area contributed by atoms with Gasteiger partial charge in [-0.25, -0.2) is 0 Å². The Morgan fingerprint density at radius 3 is 2.67 bits per heavy atom. The highest BCUT2D eigenvalue weighted by Gasteiger charge is 2.43. The van der Waals surface area contributed by atoms with Crippen molar-refractivity contribution < 1.29 is 0 Å². The summed E-state index contributed by atoms with van der Waals surface area (Å²) in [5.74, 6) is 1.08. The molecular formula is C12H24N2S. The molecule has 1 unspecified atom stereocenters. The summed E-state index contributed by atoms with van der Waals surface area (Å²) in [5, 5.41) is 0. The Bertz CT molecular complexity index is 214. The third kappa shape index (κ3) is 2.89. The Labute approximate surface area is 99.4 Å². The van der Waals surface area contributed by atoms with Crippen molar-refractivity contribution in [2.45, 2.75) is 31.7 Å². The molecule has 3 heteroatoms. The Morgan fingerprint density at radius 2 is 2.13 bits per heavy atom. The van der Waals surface area contributed by atoms with E-state index in [4.69, 9.17) is 0 Å². The van der Waals surface area contributed by atoms with Crippen molar-refractivity contribution in [2.24, 2.45) is 5.41 Å². The molecule has 2 rings (SSSR count). The first kappa shape index (κ1) is 11.7. The van der Waals surface area contributed by atoms with Crippen molar-refractivity contribution in [3.05, 3.63) is 0 Å². The van der Waals surface area contributed by atoms with Crippen LogP contribution in [0.25, 0.3) is 0 Å². The molecule has 0 bridgehead atoms. The topological polar surface area (TPSA) is 6.48 Å². The van der Waals surface area contributed by atoms with Crippen molar-refractivity contribution in [2.75, 3.05) is 39.5 Å². The maximum absolute atomic E-state index is 4.49. The fourth-order valence-electron chi connectivity index (χ4n) is 2.61. The standard InChI is InChI=1S/C12H24N2S/c1-13(2)11-4-3-7-14(8-11)9-12(10-15)5-6-12/h11,15H,3-10H2,1-2H3. The minimum atomic E-state index is 0.595. The summed E-state index contributed by atoms with van der Waals surface area (Å²) in [6.45, 7) is 3.86. The van der Waals surface area contributed by atoms with Crippen LogP contribution in [-0.4, -0.2) is 55.3 Å². The number of likely N-dealkylation sites (tertiary alicyclic amines) is 1. The molecule has 1 heterocycles. The lowest BCUT2D eigenvalue weighted by atomic mass is 10.0. The molecule has 88 valence electrons. The second kappa shape index (κ2) is 4.64. The molecule has 0 aromatic heterocycles. The van der Waals surface area contributed by atoms with E-state index in [1.807, 2.05) is 0 Å². The number of hydrogen-bond acceptors (Lipinski definition) is 3. The molecule has 0 amide bonds. The minimum Gasteiger partial charge on any atom is -0.305 e. The van der Waals surface area contributed by atoms with Crippen molar-refractivity contribution in [3.63, 3.8) is 0 Å². The van der Waals surface area contributed by atoms with Gasteiger partial charge in [0.15, 0.2) is 0 Å². The van der Waals surface area contributed by atoms with Crippen molar-refractivity contribution in [1.29, 1.82) is 0 Å². The van der Waals surface area contributed by atoms with Crippen LogP contribution in [0.15, 0.2) is 0 Å². The maximum atomic E-state index is 4.49. The number of hydrogen-bond donors (Lipinski definition) is 1. The number of rotatable bonds is 4. The van der Waals surface area contributed by atoms with Crippen molar-refractivity contribution in [3.8, 4) is 0 Å². The van der Waals surface area contributed by atoms with Gasteiger partial charge in [-0.3, -0.25) is 0 Å². The normalized spacial score (nSPS) is 30.8. The van der Waals surface area contributed by atoms with E-state index in [0.717, 1.165) is 11.8 Å². The lowest BCUT2D eigenvalue weighted by molar-refractivity contribution is 0.117. The Balaban J connectivity index is 1.82. The zero-order valence-electron chi connectivity index (χ0n) is 10.1. The van der Waals surface area contributed by atoms with E-state index in [2.05, 4.69) is 36.5 Å². The molecule has 15 heavy (non-hydrogen) atoms. The molecule has 2 fully saturated rings. The van der Waals surface area contributed by atoms with Gasteiger partial charge in [-0.05, 0) is 57.5 Å². The zero-order valence-corrected chi connectivity index (χ0v) is 11.0. The molecule has 1 aliphatic carbocycles. The predicted octanol–water partition coefficient (Wildman–Crippen LogP) is 1.72. The number of piperidine rings is 1. The van der Waals surface area contributed by atoms with Crippen LogP contribution in [0.2, 0.25) is 0 Å². The first-order valence-corrected chi connectivity index (χ1v) is 6.78. The average Bonchev–Trinajstić information content (AvgIpc) is 2.99. The largest absolute Gasteiger partial charge is 0.305 e. The monoisotopic (exact) mass is 228 g/mol. The van der Waals surface area contributed by atoms with Gasteiger partial charge in [0, 0.05) is 19.1 Å². The number of nitrogens with zero attached hydrogens (tertiary/aromatic N) is 2. The minimum absolute atomic E-state index is 0.595. The Kier molecular flexibility index (Phi) is 3.63. The van der Waals surface area contributed by atoms with E-state index in [-0.39, 0.29) is 0 Å². The molecule has 0 spiro atoms. The zero-order chi connectivity index (χ0) is 10.9. The highest BCUT2D eigenvalue weighted by molar-refractivity contribution is 7.80. The first-order chi connectivity index (χ1) is 7.15. The Morgan fingerprint density at radius 1 is 1.40 bits per heavy atom. The lowest BCUT2D eigenvalue weighted by Gasteiger charge is -2.37. The number of likely N-dealkylation sites (N-methyl/N-ethyl adjacent to an activating group) is 1. The van der Waals surface area contributed by atoms with Gasteiger partial charge in [0.05, 0.1) is 0 Å². The molecule has 0 aromatic rings. The van der Waals surface area contributed by atoms with Crippen LogP contribution in [-0.2, 0) is 0 Å². The van der Waals surface area contributed by atoms with Gasteiger partial charge < -0.3 is 9.80 Å². The molecule has 1 aliphatic heterocycles. The molecule has 0 N–H and O–H groups in total. The van der Waals surface area contributed by atoms with E-state index >= 15 is 0 Å². The van der Waals surface area contributed by atoms with Gasteiger partial charge in [0.2, 0.25) is 0 Å². The Hall–Kier alpha value is 0.270. The second-order valence-corrected chi connectivity index (χ2v) is 5.97. The SMILES string of the molecule is CN(C)C1CCCN(CC2(CS)CC2)C1. The van der Waals surface area contributed by atoms with Crippen LogP contribution in [0.1, 0.15) is 25.7 Å². The van der Waals surface area contributed by atoms with Crippen LogP contribution in [0, 0.1) is 5.41 Å². The van der Waals surface area contributed by atoms with Crippen LogP contribution < -0.4 is 0 Å². The molecular weight excluding hydrogens is 204 g/mol. The van der Waals surface area contributed by atoms with Gasteiger partial charge in [0.25, 0.3) is 0 Å². The molecule has 1 saturated heterocycles. The summed E-state index contributed by atoms with van der Waals surface area (Å²) < 4.78 is 0. The third-order valence-electron chi connectivity index (χ3n) is 4.06. The van der Waals surface area contributed by atoms with Crippen molar-refractivity contribution >= 4 is 12.6 Å². The molecule has 0 radical (unpaired) electrons. The molecule has 1 atom stereocenters. The summed E-state index contributed by atoms with van der Waals surface area (Å²) >= 11 is 4.49. The highest BCUT2D eigenvalue weighted by Crippen LogP contribution is 2.47. The molecule has 2 aliphatic rings. The first-order valence-electron chi connectivity index (χ1n) is 6.15. The summed E-state index contributed by atoms with van der Waals surface area (Å²) in [7, 11) is 4.42.